The second kappa shape index (κ2) is 6.86. The Kier molecular flexibility index (Phi) is 6.60. The zero-order chi connectivity index (χ0) is 11.4. The summed E-state index contributed by atoms with van der Waals surface area (Å²) in [5, 5.41) is 0. The molecule has 0 aliphatic carbocycles. The fourth-order valence-electron chi connectivity index (χ4n) is 2.29. The molecule has 0 aromatic heterocycles. The molecule has 1 fully saturated rings. The third kappa shape index (κ3) is 3.46. The van der Waals surface area contributed by atoms with Crippen LogP contribution in [0.3, 0.4) is 0 Å². The van der Waals surface area contributed by atoms with E-state index >= 15 is 0 Å². The van der Waals surface area contributed by atoms with Gasteiger partial charge in [-0.05, 0) is 40.0 Å². The van der Waals surface area contributed by atoms with E-state index in [2.05, 4.69) is 0 Å². The summed E-state index contributed by atoms with van der Waals surface area (Å²) in [7, 11) is 0. The van der Waals surface area contributed by atoms with Crippen molar-refractivity contribution < 1.29 is 31.6 Å². The van der Waals surface area contributed by atoms with E-state index in [1.165, 1.54) is 0 Å². The van der Waals surface area contributed by atoms with Gasteiger partial charge >= 0.3 is 11.9 Å². The van der Waals surface area contributed by atoms with Crippen LogP contribution in [0.5, 0.6) is 0 Å². The van der Waals surface area contributed by atoms with E-state index in [-0.39, 0.29) is 31.1 Å². The van der Waals surface area contributed by atoms with Gasteiger partial charge in [0.2, 0.25) is 0 Å². The first-order chi connectivity index (χ1) is 7.07. The Bertz CT molecular complexity index is 248. The Balaban J connectivity index is 0.00000225. The van der Waals surface area contributed by atoms with E-state index in [0.29, 0.717) is 0 Å². The molecule has 16 heavy (non-hydrogen) atoms. The van der Waals surface area contributed by atoms with Crippen molar-refractivity contribution in [2.24, 2.45) is 0 Å². The molecule has 0 aromatic carbocycles. The van der Waals surface area contributed by atoms with E-state index in [9.17, 15) is 9.59 Å². The van der Waals surface area contributed by atoms with Gasteiger partial charge < -0.3 is 17.1 Å². The molecule has 0 radical (unpaired) electrons. The van der Waals surface area contributed by atoms with Gasteiger partial charge in [0.25, 0.3) is 0 Å². The molecule has 1 N–H and O–H groups in total. The third-order valence-corrected chi connectivity index (χ3v) is 3.06. The van der Waals surface area contributed by atoms with Crippen LogP contribution in [0, 0.1) is 0 Å². The molecule has 5 heteroatoms. The SMILES string of the molecule is CCOC(=O)C(=O)[NH+]1[C@H](C)CCC[C@@H]1C.[Cl-]. The summed E-state index contributed by atoms with van der Waals surface area (Å²) in [6, 6.07) is 0.455. The number of amides is 1. The maximum atomic E-state index is 11.8. The van der Waals surface area contributed by atoms with Crippen molar-refractivity contribution in [2.45, 2.75) is 52.1 Å². The molecule has 1 heterocycles. The molecule has 3 atom stereocenters. The number of hydrogen-bond acceptors (Lipinski definition) is 3. The summed E-state index contributed by atoms with van der Waals surface area (Å²) in [6.07, 6.45) is 3.15. The first-order valence-electron chi connectivity index (χ1n) is 5.66. The van der Waals surface area contributed by atoms with Crippen molar-refractivity contribution in [2.75, 3.05) is 6.61 Å². The lowest BCUT2D eigenvalue weighted by atomic mass is 9.97. The maximum absolute atomic E-state index is 11.8. The standard InChI is InChI=1S/C11H19NO3.ClH/c1-4-15-11(14)10(13)12-8(2)6-5-7-9(12)3;/h8-9H,4-7H2,1-3H3;1H/t8-,9+;. The van der Waals surface area contributed by atoms with Gasteiger partial charge in [-0.3, -0.25) is 4.90 Å². The van der Waals surface area contributed by atoms with Crippen molar-refractivity contribution in [3.05, 3.63) is 0 Å². The van der Waals surface area contributed by atoms with E-state index < -0.39 is 11.9 Å². The van der Waals surface area contributed by atoms with Crippen LogP contribution in [0.25, 0.3) is 0 Å². The van der Waals surface area contributed by atoms with E-state index in [1.54, 1.807) is 6.92 Å². The number of esters is 1. The molecule has 1 unspecified atom stereocenters. The van der Waals surface area contributed by atoms with Crippen LogP contribution >= 0.6 is 0 Å². The predicted molar refractivity (Wildman–Crippen MR) is 55.4 cm³/mol. The quantitative estimate of drug-likeness (QED) is 0.396. The lowest BCUT2D eigenvalue weighted by Crippen LogP contribution is -3.22. The molecule has 1 amide bonds. The highest BCUT2D eigenvalue weighted by Crippen LogP contribution is 2.07. The van der Waals surface area contributed by atoms with Gasteiger partial charge in [-0.1, -0.05) is 0 Å². The van der Waals surface area contributed by atoms with Gasteiger partial charge in [0.15, 0.2) is 0 Å². The minimum absolute atomic E-state index is 0. The van der Waals surface area contributed by atoms with Gasteiger partial charge in [-0.2, -0.15) is 0 Å². The number of nitrogens with one attached hydrogen (secondary N) is 1. The Labute approximate surface area is 103 Å². The topological polar surface area (TPSA) is 47.8 Å². The van der Waals surface area contributed by atoms with Crippen molar-refractivity contribution in [3.63, 3.8) is 0 Å². The van der Waals surface area contributed by atoms with Gasteiger partial charge in [-0.25, -0.2) is 9.59 Å². The zero-order valence-corrected chi connectivity index (χ0v) is 10.8. The normalized spacial score (nSPS) is 29.1. The number of rotatable bonds is 1. The average Bonchev–Trinajstić information content (AvgIpc) is 2.17. The Morgan fingerprint density at radius 2 is 1.75 bits per heavy atom. The van der Waals surface area contributed by atoms with Crippen molar-refractivity contribution in [1.29, 1.82) is 0 Å². The summed E-state index contributed by atoms with van der Waals surface area (Å²) in [5.74, 6) is -1.09. The van der Waals surface area contributed by atoms with Crippen LogP contribution < -0.4 is 17.3 Å². The lowest BCUT2D eigenvalue weighted by Gasteiger charge is -2.32. The predicted octanol–water partition coefficient (Wildman–Crippen LogP) is -3.07. The van der Waals surface area contributed by atoms with Crippen molar-refractivity contribution >= 4 is 11.9 Å². The highest BCUT2D eigenvalue weighted by molar-refractivity contribution is 6.28. The molecule has 0 aromatic rings. The second-order valence-corrected chi connectivity index (χ2v) is 4.24. The number of likely N-dealkylation sites (tertiary alicyclic amines) is 1. The molecule has 0 saturated carbocycles. The van der Waals surface area contributed by atoms with Gasteiger partial charge in [0.05, 0.1) is 18.7 Å². The van der Waals surface area contributed by atoms with Gasteiger partial charge in [0, 0.05) is 0 Å². The minimum atomic E-state index is -0.687. The van der Waals surface area contributed by atoms with Gasteiger partial charge in [0.1, 0.15) is 0 Å². The van der Waals surface area contributed by atoms with Crippen LogP contribution in [0.2, 0.25) is 0 Å². The number of quaternary nitrogens is 1. The van der Waals surface area contributed by atoms with Crippen LogP contribution in [0.15, 0.2) is 0 Å². The fourth-order valence-corrected chi connectivity index (χ4v) is 2.29. The summed E-state index contributed by atoms with van der Waals surface area (Å²) in [4.78, 5) is 23.9. The molecule has 1 saturated heterocycles. The van der Waals surface area contributed by atoms with E-state index in [1.807, 2.05) is 13.8 Å². The highest BCUT2D eigenvalue weighted by atomic mass is 35.5. The average molecular weight is 250 g/mol. The minimum Gasteiger partial charge on any atom is -1.00 e. The second-order valence-electron chi connectivity index (χ2n) is 4.24. The number of ether oxygens (including phenoxy) is 1. The van der Waals surface area contributed by atoms with Crippen molar-refractivity contribution in [3.8, 4) is 0 Å². The van der Waals surface area contributed by atoms with Crippen molar-refractivity contribution in [1.82, 2.24) is 0 Å². The molecular weight excluding hydrogens is 230 g/mol. The molecule has 0 bridgehead atoms. The first kappa shape index (κ1) is 15.4. The molecule has 1 aliphatic heterocycles. The molecule has 4 nitrogen and oxygen atoms in total. The summed E-state index contributed by atoms with van der Waals surface area (Å²) < 4.78 is 4.74. The van der Waals surface area contributed by atoms with E-state index in [4.69, 9.17) is 4.74 Å². The Morgan fingerprint density at radius 3 is 2.19 bits per heavy atom. The monoisotopic (exact) mass is 249 g/mol. The number of piperidine rings is 1. The molecular formula is C11H20ClNO3. The lowest BCUT2D eigenvalue weighted by molar-refractivity contribution is -0.873. The summed E-state index contributed by atoms with van der Waals surface area (Å²) in [5.41, 5.74) is 0. The molecule has 0 spiro atoms. The molecule has 1 rings (SSSR count). The van der Waals surface area contributed by atoms with Crippen LogP contribution in [0.4, 0.5) is 0 Å². The fraction of sp³-hybridized carbons (Fsp3) is 0.818. The summed E-state index contributed by atoms with van der Waals surface area (Å²) >= 11 is 0. The van der Waals surface area contributed by atoms with Crippen LogP contribution in [-0.2, 0) is 14.3 Å². The highest BCUT2D eigenvalue weighted by Gasteiger charge is 2.39. The number of carbonyl (C=O) groups is 2. The molecule has 94 valence electrons. The Hall–Kier alpha value is -0.610. The molecule has 1 aliphatic rings. The van der Waals surface area contributed by atoms with Crippen LogP contribution in [-0.4, -0.2) is 30.6 Å². The number of halogens is 1. The largest absolute Gasteiger partial charge is 1.00 e. The van der Waals surface area contributed by atoms with Crippen LogP contribution in [0.1, 0.15) is 40.0 Å². The van der Waals surface area contributed by atoms with E-state index in [0.717, 1.165) is 24.2 Å². The Morgan fingerprint density at radius 1 is 1.25 bits per heavy atom. The summed E-state index contributed by atoms with van der Waals surface area (Å²) in [6.45, 7) is 6.01. The first-order valence-corrected chi connectivity index (χ1v) is 5.66. The maximum Gasteiger partial charge on any atom is 0.437 e. The smallest absolute Gasteiger partial charge is 0.437 e. The number of hydrogen-bond donors (Lipinski definition) is 1. The third-order valence-electron chi connectivity index (χ3n) is 3.06. The van der Waals surface area contributed by atoms with Gasteiger partial charge in [-0.15, -0.1) is 0 Å². The number of carbonyl (C=O) groups excluding carboxylic acids is 2. The zero-order valence-electron chi connectivity index (χ0n) is 10.1.